The average Bonchev–Trinajstić information content (AvgIpc) is 3.44. The number of alkyl halides is 1. The van der Waals surface area contributed by atoms with Crippen LogP contribution in [-0.4, -0.2) is 62.2 Å². The van der Waals surface area contributed by atoms with Crippen LogP contribution in [0.15, 0.2) is 23.3 Å². The molecule has 6 aliphatic carbocycles. The SMILES string of the molecule is CC1CN(CCNC23CCCC2C2CCC4C(C)(CCC5C(C)(C)C(C6=CCC(CF)CC6)=CCC54C)C2CC3)CC(C)S1(=O)=O. The van der Waals surface area contributed by atoms with Gasteiger partial charge in [0.2, 0.25) is 0 Å². The summed E-state index contributed by atoms with van der Waals surface area (Å²) in [6, 6.07) is 0. The third kappa shape index (κ3) is 5.17. The number of nitrogens with zero attached hydrogens (tertiary/aromatic N) is 1. The topological polar surface area (TPSA) is 49.4 Å². The van der Waals surface area contributed by atoms with E-state index < -0.39 is 9.84 Å². The fourth-order valence-corrected chi connectivity index (χ4v) is 15.6. The van der Waals surface area contributed by atoms with Gasteiger partial charge in [-0.15, -0.1) is 0 Å². The molecule has 260 valence electrons. The van der Waals surface area contributed by atoms with Gasteiger partial charge in [0.1, 0.15) is 0 Å². The summed E-state index contributed by atoms with van der Waals surface area (Å²) < 4.78 is 38.5. The Labute approximate surface area is 281 Å². The van der Waals surface area contributed by atoms with Crippen LogP contribution >= 0.6 is 0 Å². The highest BCUT2D eigenvalue weighted by molar-refractivity contribution is 7.92. The van der Waals surface area contributed by atoms with Gasteiger partial charge >= 0.3 is 0 Å². The summed E-state index contributed by atoms with van der Waals surface area (Å²) in [6.45, 7) is 17.5. The molecule has 7 aliphatic rings. The minimum Gasteiger partial charge on any atom is -0.310 e. The van der Waals surface area contributed by atoms with Crippen molar-refractivity contribution in [2.75, 3.05) is 32.9 Å². The summed E-state index contributed by atoms with van der Waals surface area (Å²) in [6.07, 6.45) is 21.6. The lowest BCUT2D eigenvalue weighted by Crippen LogP contribution is -2.64. The van der Waals surface area contributed by atoms with Crippen LogP contribution in [0.1, 0.15) is 125 Å². The monoisotopic (exact) mass is 656 g/mol. The average molecular weight is 657 g/mol. The molecule has 1 aliphatic heterocycles. The maximum absolute atomic E-state index is 13.4. The van der Waals surface area contributed by atoms with Crippen molar-refractivity contribution in [3.63, 3.8) is 0 Å². The Morgan fingerprint density at radius 2 is 1.63 bits per heavy atom. The minimum atomic E-state index is -2.97. The molecular weight excluding hydrogens is 592 g/mol. The van der Waals surface area contributed by atoms with Crippen LogP contribution in [0, 0.1) is 51.8 Å². The van der Waals surface area contributed by atoms with E-state index in [0.29, 0.717) is 29.5 Å². The molecule has 11 unspecified atom stereocenters. The molecule has 0 amide bonds. The number of sulfone groups is 1. The van der Waals surface area contributed by atoms with Crippen LogP contribution in [0.5, 0.6) is 0 Å². The smallest absolute Gasteiger partial charge is 0.157 e. The first-order chi connectivity index (χ1) is 21.8. The zero-order valence-electron chi connectivity index (χ0n) is 30.1. The van der Waals surface area contributed by atoms with Crippen molar-refractivity contribution in [3.8, 4) is 0 Å². The molecule has 0 aromatic heterocycles. The van der Waals surface area contributed by atoms with Crippen LogP contribution < -0.4 is 5.32 Å². The molecule has 0 aromatic rings. The van der Waals surface area contributed by atoms with Crippen molar-refractivity contribution < 1.29 is 12.8 Å². The van der Waals surface area contributed by atoms with E-state index in [-0.39, 0.29) is 28.5 Å². The summed E-state index contributed by atoms with van der Waals surface area (Å²) in [5, 5.41) is 3.68. The molecule has 1 N–H and O–H groups in total. The molecule has 46 heavy (non-hydrogen) atoms. The maximum Gasteiger partial charge on any atom is 0.157 e. The van der Waals surface area contributed by atoms with Gasteiger partial charge in [-0.2, -0.15) is 0 Å². The van der Waals surface area contributed by atoms with Gasteiger partial charge in [-0.1, -0.05) is 46.3 Å². The summed E-state index contributed by atoms with van der Waals surface area (Å²) >= 11 is 0. The molecule has 0 aromatic carbocycles. The van der Waals surface area contributed by atoms with Crippen LogP contribution in [0.2, 0.25) is 0 Å². The predicted octanol–water partition coefficient (Wildman–Crippen LogP) is 8.53. The molecule has 1 saturated heterocycles. The number of allylic oxidation sites excluding steroid dienone is 4. The highest BCUT2D eigenvalue weighted by Gasteiger charge is 2.65. The first kappa shape index (κ1) is 33.8. The van der Waals surface area contributed by atoms with Crippen molar-refractivity contribution in [1.82, 2.24) is 10.2 Å². The summed E-state index contributed by atoms with van der Waals surface area (Å²) in [5.41, 5.74) is 4.43. The lowest BCUT2D eigenvalue weighted by atomic mass is 9.37. The van der Waals surface area contributed by atoms with E-state index >= 15 is 0 Å². The molecule has 0 spiro atoms. The van der Waals surface area contributed by atoms with Crippen molar-refractivity contribution in [3.05, 3.63) is 23.3 Å². The molecule has 0 radical (unpaired) electrons. The zero-order chi connectivity index (χ0) is 32.7. The second kappa shape index (κ2) is 12.0. The molecule has 5 fully saturated rings. The van der Waals surface area contributed by atoms with Gasteiger partial charge in [0.25, 0.3) is 0 Å². The molecule has 11 atom stereocenters. The van der Waals surface area contributed by atoms with Crippen LogP contribution in [-0.2, 0) is 9.84 Å². The van der Waals surface area contributed by atoms with Crippen LogP contribution in [0.25, 0.3) is 0 Å². The molecule has 6 heteroatoms. The van der Waals surface area contributed by atoms with Gasteiger partial charge in [0.15, 0.2) is 9.84 Å². The summed E-state index contributed by atoms with van der Waals surface area (Å²) in [4.78, 5) is 2.40. The molecule has 1 heterocycles. The minimum absolute atomic E-state index is 0.168. The Morgan fingerprint density at radius 3 is 2.33 bits per heavy atom. The Bertz CT molecular complexity index is 1320. The fraction of sp³-hybridized carbons (Fsp3) is 0.900. The van der Waals surface area contributed by atoms with Crippen LogP contribution in [0.3, 0.4) is 0 Å². The van der Waals surface area contributed by atoms with Crippen molar-refractivity contribution in [1.29, 1.82) is 0 Å². The van der Waals surface area contributed by atoms with Crippen molar-refractivity contribution in [2.24, 2.45) is 51.8 Å². The van der Waals surface area contributed by atoms with Crippen molar-refractivity contribution in [2.45, 2.75) is 141 Å². The molecule has 4 saturated carbocycles. The highest BCUT2D eigenvalue weighted by Crippen LogP contribution is 2.72. The lowest BCUT2D eigenvalue weighted by Gasteiger charge is -2.68. The van der Waals surface area contributed by atoms with Gasteiger partial charge in [-0.25, -0.2) is 8.42 Å². The summed E-state index contributed by atoms with van der Waals surface area (Å²) in [7, 11) is -2.97. The quantitative estimate of drug-likeness (QED) is 0.311. The number of halogens is 1. The number of fused-ring (bicyclic) bond motifs is 7. The Hall–Kier alpha value is -0.720. The molecular formula is C40H65FN2O2S. The fourth-order valence-electron chi connectivity index (χ4n) is 14.0. The summed E-state index contributed by atoms with van der Waals surface area (Å²) in [5.74, 6) is 4.26. The van der Waals surface area contributed by atoms with Gasteiger partial charge in [-0.05, 0) is 154 Å². The first-order valence-electron chi connectivity index (χ1n) is 19.4. The van der Waals surface area contributed by atoms with Crippen LogP contribution in [0.4, 0.5) is 4.39 Å². The Balaban J connectivity index is 1.05. The number of hydrogen-bond acceptors (Lipinski definition) is 4. The third-order valence-corrected chi connectivity index (χ3v) is 18.8. The number of hydrogen-bond donors (Lipinski definition) is 1. The molecule has 4 nitrogen and oxygen atoms in total. The van der Waals surface area contributed by atoms with E-state index in [1.54, 1.807) is 11.1 Å². The predicted molar refractivity (Wildman–Crippen MR) is 188 cm³/mol. The highest BCUT2D eigenvalue weighted by atomic mass is 32.2. The van der Waals surface area contributed by atoms with Gasteiger partial charge in [-0.3, -0.25) is 9.29 Å². The Morgan fingerprint density at radius 1 is 0.870 bits per heavy atom. The van der Waals surface area contributed by atoms with Gasteiger partial charge in [0, 0.05) is 31.7 Å². The van der Waals surface area contributed by atoms with E-state index in [4.69, 9.17) is 0 Å². The normalized spacial score (nSPS) is 48.3. The zero-order valence-corrected chi connectivity index (χ0v) is 30.9. The largest absolute Gasteiger partial charge is 0.310 e. The first-order valence-corrected chi connectivity index (χ1v) is 21.0. The Kier molecular flexibility index (Phi) is 8.78. The van der Waals surface area contributed by atoms with E-state index in [1.807, 2.05) is 13.8 Å². The molecule has 0 bridgehead atoms. The standard InChI is InChI=1S/C40H65FN2O2S/c1-27-25-43(26-28(2)46(27,44)45)23-22-42-40-18-7-8-34(40)31-13-14-36-38(5,33(31)16-21-40)20-17-35-37(3,4)32(15-19-39(35,36)6)30-11-9-29(24-41)10-12-30/h11,15,27-29,31,33-36,42H,7-10,12-14,16-26H2,1-6H3. The van der Waals surface area contributed by atoms with E-state index in [2.05, 4.69) is 50.1 Å². The second-order valence-corrected chi connectivity index (χ2v) is 21.4. The van der Waals surface area contributed by atoms with Crippen molar-refractivity contribution >= 4 is 9.84 Å². The molecule has 7 rings (SSSR count). The van der Waals surface area contributed by atoms with E-state index in [1.165, 1.54) is 64.2 Å². The second-order valence-electron chi connectivity index (χ2n) is 18.7. The maximum atomic E-state index is 13.4. The van der Waals surface area contributed by atoms with Gasteiger partial charge in [0.05, 0.1) is 17.2 Å². The third-order valence-electron chi connectivity index (χ3n) is 16.2. The van der Waals surface area contributed by atoms with Gasteiger partial charge < -0.3 is 5.32 Å². The van der Waals surface area contributed by atoms with E-state index in [0.717, 1.165) is 61.9 Å². The lowest BCUT2D eigenvalue weighted by molar-refractivity contribution is -0.175. The number of rotatable bonds is 6. The number of nitrogens with one attached hydrogen (secondary N) is 1. The van der Waals surface area contributed by atoms with E-state index in [9.17, 15) is 12.8 Å².